The van der Waals surface area contributed by atoms with Crippen LogP contribution in [-0.2, 0) is 27.2 Å². The number of nitrogens with zero attached hydrogens (tertiary/aromatic N) is 1. The van der Waals surface area contributed by atoms with Crippen LogP contribution in [-0.4, -0.2) is 40.9 Å². The van der Waals surface area contributed by atoms with Crippen LogP contribution in [0.2, 0.25) is 0 Å². The van der Waals surface area contributed by atoms with Gasteiger partial charge in [-0.1, -0.05) is 66.4 Å². The molecule has 0 aliphatic rings. The summed E-state index contributed by atoms with van der Waals surface area (Å²) < 4.78 is 10.4. The van der Waals surface area contributed by atoms with Crippen LogP contribution in [0.25, 0.3) is 10.6 Å². The predicted molar refractivity (Wildman–Crippen MR) is 144 cm³/mol. The average Bonchev–Trinajstić information content (AvgIpc) is 3.66. The zero-order chi connectivity index (χ0) is 26.0. The largest absolute Gasteiger partial charge is 0.469 e. The Bertz CT molecular complexity index is 1290. The van der Waals surface area contributed by atoms with E-state index in [9.17, 15) is 14.4 Å². The number of carbonyl (C=O) groups is 3. The molecule has 4 rings (SSSR count). The van der Waals surface area contributed by atoms with E-state index < -0.39 is 17.9 Å². The first-order valence-corrected chi connectivity index (χ1v) is 13.5. The number of hydrogen-bond acceptors (Lipinski definition) is 8. The summed E-state index contributed by atoms with van der Waals surface area (Å²) in [6.07, 6.45) is 3.85. The number of amides is 1. The van der Waals surface area contributed by atoms with Gasteiger partial charge in [0.05, 0.1) is 19.3 Å². The van der Waals surface area contributed by atoms with Crippen molar-refractivity contribution in [2.24, 2.45) is 5.92 Å². The quantitative estimate of drug-likeness (QED) is 0.269. The number of hydrogen-bond donors (Lipinski definition) is 1. The topological polar surface area (TPSA) is 98.5 Å². The first-order chi connectivity index (χ1) is 18.0. The van der Waals surface area contributed by atoms with E-state index in [0.717, 1.165) is 27.9 Å². The first-order valence-electron chi connectivity index (χ1n) is 11.6. The molecule has 0 radical (unpaired) electrons. The molecule has 7 nitrogen and oxygen atoms in total. The highest BCUT2D eigenvalue weighted by molar-refractivity contribution is 8.14. The van der Waals surface area contributed by atoms with Crippen molar-refractivity contribution >= 4 is 40.1 Å². The monoisotopic (exact) mass is 534 g/mol. The predicted octanol–water partition coefficient (Wildman–Crippen LogP) is 5.04. The van der Waals surface area contributed by atoms with Gasteiger partial charge in [-0.2, -0.15) is 0 Å². The van der Waals surface area contributed by atoms with Crippen LogP contribution in [0.5, 0.6) is 0 Å². The number of thiazole rings is 1. The second-order valence-electron chi connectivity index (χ2n) is 8.27. The molecule has 0 bridgehead atoms. The van der Waals surface area contributed by atoms with E-state index in [1.54, 1.807) is 60.2 Å². The molecule has 2 aromatic carbocycles. The molecule has 0 saturated carbocycles. The van der Waals surface area contributed by atoms with Crippen molar-refractivity contribution < 1.29 is 23.5 Å². The molecule has 2 aromatic heterocycles. The molecule has 190 valence electrons. The van der Waals surface area contributed by atoms with Gasteiger partial charge < -0.3 is 14.5 Å². The number of aromatic nitrogens is 1. The lowest BCUT2D eigenvalue weighted by Gasteiger charge is -2.21. The molecule has 0 saturated heterocycles. The van der Waals surface area contributed by atoms with Crippen molar-refractivity contribution in [3.63, 3.8) is 0 Å². The highest BCUT2D eigenvalue weighted by atomic mass is 32.2. The van der Waals surface area contributed by atoms with Gasteiger partial charge in [0.1, 0.15) is 16.8 Å². The van der Waals surface area contributed by atoms with Crippen molar-refractivity contribution in [1.29, 1.82) is 0 Å². The van der Waals surface area contributed by atoms with Crippen LogP contribution >= 0.6 is 23.1 Å². The van der Waals surface area contributed by atoms with E-state index in [2.05, 4.69) is 10.3 Å². The van der Waals surface area contributed by atoms with E-state index in [1.807, 2.05) is 35.7 Å². The number of thioether (sulfide) groups is 1. The van der Waals surface area contributed by atoms with Crippen molar-refractivity contribution in [3.05, 3.63) is 101 Å². The maximum atomic E-state index is 13.4. The zero-order valence-corrected chi connectivity index (χ0v) is 21.8. The lowest BCUT2D eigenvalue weighted by atomic mass is 10.0. The number of methoxy groups -OCH3 is 1. The number of carbonyl (C=O) groups excluding carboxylic acids is 3. The molecule has 0 aliphatic carbocycles. The molecule has 1 N–H and O–H groups in total. The van der Waals surface area contributed by atoms with E-state index in [4.69, 9.17) is 9.15 Å². The average molecular weight is 535 g/mol. The Morgan fingerprint density at radius 1 is 1.03 bits per heavy atom. The van der Waals surface area contributed by atoms with Crippen LogP contribution in [0.4, 0.5) is 0 Å². The Labute approximate surface area is 223 Å². The molecule has 9 heteroatoms. The summed E-state index contributed by atoms with van der Waals surface area (Å²) in [5, 5.41) is 5.55. The number of ether oxygens (including phenoxy) is 1. The van der Waals surface area contributed by atoms with Gasteiger partial charge >= 0.3 is 5.97 Å². The SMILES string of the molecule is COC(=O)C(Cc1ccc(-c2nccs2)cc1)NC(=O)C(CSC(=O)c1ccccc1)Cc1ccco1. The van der Waals surface area contributed by atoms with Gasteiger partial charge in [-0.25, -0.2) is 9.78 Å². The third-order valence-electron chi connectivity index (χ3n) is 5.70. The number of rotatable bonds is 11. The van der Waals surface area contributed by atoms with Crippen molar-refractivity contribution in [1.82, 2.24) is 10.3 Å². The van der Waals surface area contributed by atoms with Crippen LogP contribution in [0.3, 0.4) is 0 Å². The van der Waals surface area contributed by atoms with E-state index in [0.29, 0.717) is 17.7 Å². The van der Waals surface area contributed by atoms with Gasteiger partial charge in [0.25, 0.3) is 0 Å². The minimum atomic E-state index is -0.878. The summed E-state index contributed by atoms with van der Waals surface area (Å²) >= 11 is 2.62. The minimum Gasteiger partial charge on any atom is -0.469 e. The Balaban J connectivity index is 1.45. The van der Waals surface area contributed by atoms with Gasteiger partial charge in [0, 0.05) is 41.3 Å². The fourth-order valence-electron chi connectivity index (χ4n) is 3.74. The van der Waals surface area contributed by atoms with E-state index in [1.165, 1.54) is 7.11 Å². The maximum Gasteiger partial charge on any atom is 0.328 e. The van der Waals surface area contributed by atoms with Gasteiger partial charge in [-0.05, 0) is 17.7 Å². The molecule has 37 heavy (non-hydrogen) atoms. The normalized spacial score (nSPS) is 12.5. The smallest absolute Gasteiger partial charge is 0.328 e. The van der Waals surface area contributed by atoms with Crippen LogP contribution in [0.15, 0.2) is 89.0 Å². The molecular weight excluding hydrogens is 508 g/mol. The van der Waals surface area contributed by atoms with Gasteiger partial charge in [0.2, 0.25) is 11.0 Å². The molecule has 2 heterocycles. The zero-order valence-electron chi connectivity index (χ0n) is 20.2. The first kappa shape index (κ1) is 26.4. The molecule has 0 spiro atoms. The van der Waals surface area contributed by atoms with Crippen LogP contribution in [0.1, 0.15) is 21.7 Å². The van der Waals surface area contributed by atoms with E-state index in [-0.39, 0.29) is 23.2 Å². The summed E-state index contributed by atoms with van der Waals surface area (Å²) in [4.78, 5) is 42.9. The van der Waals surface area contributed by atoms with Crippen LogP contribution < -0.4 is 5.32 Å². The lowest BCUT2D eigenvalue weighted by Crippen LogP contribution is -2.46. The molecule has 4 aromatic rings. The fraction of sp³-hybridized carbons (Fsp3) is 0.214. The summed E-state index contributed by atoms with van der Waals surface area (Å²) in [6.45, 7) is 0. The molecule has 0 aliphatic heterocycles. The highest BCUT2D eigenvalue weighted by Crippen LogP contribution is 2.23. The van der Waals surface area contributed by atoms with Gasteiger partial charge in [-0.3, -0.25) is 9.59 Å². The van der Waals surface area contributed by atoms with Gasteiger partial charge in [0.15, 0.2) is 0 Å². The number of esters is 1. The number of benzene rings is 2. The molecular formula is C28H26N2O5S2. The Morgan fingerprint density at radius 2 is 1.81 bits per heavy atom. The molecule has 2 atom stereocenters. The van der Waals surface area contributed by atoms with Crippen molar-refractivity contribution in [3.8, 4) is 10.6 Å². The molecule has 0 fully saturated rings. The fourth-order valence-corrected chi connectivity index (χ4v) is 5.31. The molecule has 1 amide bonds. The summed E-state index contributed by atoms with van der Waals surface area (Å²) in [6, 6.07) is 19.3. The lowest BCUT2D eigenvalue weighted by molar-refractivity contribution is -0.145. The van der Waals surface area contributed by atoms with E-state index >= 15 is 0 Å². The second-order valence-corrected chi connectivity index (χ2v) is 10.2. The Kier molecular flexibility index (Phi) is 9.29. The summed E-state index contributed by atoms with van der Waals surface area (Å²) in [7, 11) is 1.29. The Hall–Kier alpha value is -3.69. The second kappa shape index (κ2) is 13.0. The minimum absolute atomic E-state index is 0.123. The summed E-state index contributed by atoms with van der Waals surface area (Å²) in [5.41, 5.74) is 2.42. The number of nitrogens with one attached hydrogen (secondary N) is 1. The van der Waals surface area contributed by atoms with Crippen molar-refractivity contribution in [2.45, 2.75) is 18.9 Å². The summed E-state index contributed by atoms with van der Waals surface area (Å²) in [5.74, 6) is -0.623. The molecule has 2 unspecified atom stereocenters. The maximum absolute atomic E-state index is 13.4. The van der Waals surface area contributed by atoms with Crippen LogP contribution in [0, 0.1) is 5.92 Å². The van der Waals surface area contributed by atoms with Crippen molar-refractivity contribution in [2.75, 3.05) is 12.9 Å². The number of furan rings is 1. The standard InChI is InChI=1S/C28H26N2O5S2/c1-34-27(32)24(16-19-9-11-20(12-10-19)26-29-13-15-36-26)30-25(31)22(17-23-8-5-14-35-23)18-37-28(33)21-6-3-2-4-7-21/h2-15,22,24H,16-18H2,1H3,(H,30,31). The third-order valence-corrected chi connectivity index (χ3v) is 7.59. The van der Waals surface area contributed by atoms with Gasteiger partial charge in [-0.15, -0.1) is 11.3 Å². The third kappa shape index (κ3) is 7.41. The Morgan fingerprint density at radius 3 is 2.46 bits per heavy atom. The highest BCUT2D eigenvalue weighted by Gasteiger charge is 2.28.